The average Bonchev–Trinajstić information content (AvgIpc) is 1.69. The van der Waals surface area contributed by atoms with Crippen LogP contribution < -0.4 is 24.0 Å². The quantitative estimate of drug-likeness (QED) is 0.355. The molecule has 0 unspecified atom stereocenters. The SMILES string of the molecule is N#CCCC[CH2][Zn+].[I-]. The van der Waals surface area contributed by atoms with Gasteiger partial charge in [0.15, 0.2) is 0 Å². The Morgan fingerprint density at radius 3 is 2.38 bits per heavy atom. The maximum Gasteiger partial charge on any atom is -1.00 e. The van der Waals surface area contributed by atoms with Crippen LogP contribution in [0.1, 0.15) is 19.3 Å². The van der Waals surface area contributed by atoms with Crippen molar-refractivity contribution in [3.8, 4) is 6.07 Å². The Morgan fingerprint density at radius 1 is 1.38 bits per heavy atom. The molecule has 0 aliphatic carbocycles. The van der Waals surface area contributed by atoms with Crippen molar-refractivity contribution in [2.45, 2.75) is 24.3 Å². The summed E-state index contributed by atoms with van der Waals surface area (Å²) in [6, 6.07) is 2.12. The summed E-state index contributed by atoms with van der Waals surface area (Å²) in [6.07, 6.45) is 3.12. The van der Waals surface area contributed by atoms with Crippen LogP contribution in [0.25, 0.3) is 0 Å². The number of halogens is 1. The molecule has 0 N–H and O–H groups in total. The Balaban J connectivity index is 0. The van der Waals surface area contributed by atoms with Crippen LogP contribution in [-0.4, -0.2) is 0 Å². The summed E-state index contributed by atoms with van der Waals surface area (Å²) < 4.78 is 0. The maximum atomic E-state index is 8.05. The molecule has 0 radical (unpaired) electrons. The molecule has 0 bridgehead atoms. The monoisotopic (exact) mass is 273 g/mol. The molecule has 8 heavy (non-hydrogen) atoms. The molecule has 0 amide bonds. The molecule has 0 saturated heterocycles. The van der Waals surface area contributed by atoms with Gasteiger partial charge in [0.1, 0.15) is 0 Å². The van der Waals surface area contributed by atoms with Crippen LogP contribution in [0.15, 0.2) is 0 Å². The smallest absolute Gasteiger partial charge is 1.00 e. The van der Waals surface area contributed by atoms with Gasteiger partial charge in [0.25, 0.3) is 0 Å². The van der Waals surface area contributed by atoms with Gasteiger partial charge in [-0.25, -0.2) is 0 Å². The first-order chi connectivity index (χ1) is 3.41. The molecule has 0 heterocycles. The Bertz CT molecular complexity index is 69.3. The largest absolute Gasteiger partial charge is 1.00 e. The number of hydrogen-bond acceptors (Lipinski definition) is 1. The van der Waals surface area contributed by atoms with Crippen molar-refractivity contribution in [1.82, 2.24) is 0 Å². The van der Waals surface area contributed by atoms with Crippen molar-refractivity contribution >= 4 is 0 Å². The van der Waals surface area contributed by atoms with Crippen molar-refractivity contribution in [1.29, 1.82) is 5.26 Å². The van der Waals surface area contributed by atoms with Gasteiger partial charge in [0.05, 0.1) is 0 Å². The van der Waals surface area contributed by atoms with E-state index < -0.39 is 0 Å². The Morgan fingerprint density at radius 2 is 2.00 bits per heavy atom. The molecule has 0 aliphatic rings. The van der Waals surface area contributed by atoms with E-state index in [0.717, 1.165) is 12.8 Å². The second-order valence-corrected chi connectivity index (χ2v) is 2.95. The zero-order valence-electron chi connectivity index (χ0n) is 4.86. The average molecular weight is 274 g/mol. The second-order valence-electron chi connectivity index (χ2n) is 1.47. The number of hydrogen-bond donors (Lipinski definition) is 0. The molecule has 42 valence electrons. The number of nitriles is 1. The van der Waals surface area contributed by atoms with Crippen molar-refractivity contribution < 1.29 is 42.3 Å². The van der Waals surface area contributed by atoms with Gasteiger partial charge in [-0.1, -0.05) is 0 Å². The Kier molecular flexibility index (Phi) is 15.6. The van der Waals surface area contributed by atoms with Crippen LogP contribution in [-0.2, 0) is 18.3 Å². The predicted octanol–water partition coefficient (Wildman–Crippen LogP) is -1.35. The summed E-state index contributed by atoms with van der Waals surface area (Å²) >= 11 is 1.38. The van der Waals surface area contributed by atoms with Crippen LogP contribution in [0, 0.1) is 11.3 Å². The van der Waals surface area contributed by atoms with E-state index >= 15 is 0 Å². The third-order valence-corrected chi connectivity index (χ3v) is 1.84. The summed E-state index contributed by atoms with van der Waals surface area (Å²) in [4.78, 5) is 0. The van der Waals surface area contributed by atoms with E-state index in [2.05, 4.69) is 6.07 Å². The first-order valence-corrected chi connectivity index (χ1v) is 4.68. The number of nitrogens with zero attached hydrogens (tertiary/aromatic N) is 1. The normalized spacial score (nSPS) is 7.12. The van der Waals surface area contributed by atoms with Crippen LogP contribution in [0.5, 0.6) is 0 Å². The van der Waals surface area contributed by atoms with Gasteiger partial charge in [0, 0.05) is 0 Å². The zero-order valence-corrected chi connectivity index (χ0v) is 9.99. The molecule has 0 aromatic heterocycles. The van der Waals surface area contributed by atoms with Gasteiger partial charge >= 0.3 is 53.9 Å². The van der Waals surface area contributed by atoms with E-state index in [1.165, 1.54) is 29.7 Å². The molecule has 0 spiro atoms. The molecule has 0 saturated carbocycles. The molecular formula is C5H8INZn. The molecule has 0 atom stereocenters. The standard InChI is InChI=1S/C5H8N.HI.Zn/c1-2-3-4-5-6;;/h1-4H2;1H;/q;;+1/p-1. The molecule has 0 aromatic rings. The van der Waals surface area contributed by atoms with Crippen molar-refractivity contribution in [2.24, 2.45) is 0 Å². The minimum absolute atomic E-state index is 0. The summed E-state index contributed by atoms with van der Waals surface area (Å²) in [7, 11) is 0. The Hall–Kier alpha value is 0.843. The molecule has 1 nitrogen and oxygen atoms in total. The number of unbranched alkanes of at least 4 members (excludes halogenated alkanes) is 2. The van der Waals surface area contributed by atoms with Gasteiger partial charge in [0.2, 0.25) is 0 Å². The predicted molar refractivity (Wildman–Crippen MR) is 24.3 cm³/mol. The topological polar surface area (TPSA) is 23.8 Å². The van der Waals surface area contributed by atoms with E-state index in [9.17, 15) is 0 Å². The van der Waals surface area contributed by atoms with Crippen LogP contribution in [0.4, 0.5) is 0 Å². The zero-order chi connectivity index (χ0) is 5.54. The fourth-order valence-corrected chi connectivity index (χ4v) is 1.12. The van der Waals surface area contributed by atoms with Gasteiger partial charge in [-0.2, -0.15) is 0 Å². The minimum atomic E-state index is 0. The second kappa shape index (κ2) is 10.8. The van der Waals surface area contributed by atoms with Gasteiger partial charge < -0.3 is 24.0 Å². The molecule has 0 aromatic carbocycles. The molecule has 3 heteroatoms. The van der Waals surface area contributed by atoms with E-state index in [1.807, 2.05) is 0 Å². The van der Waals surface area contributed by atoms with Crippen molar-refractivity contribution in [3.63, 3.8) is 0 Å². The maximum absolute atomic E-state index is 8.05. The van der Waals surface area contributed by atoms with Crippen molar-refractivity contribution in [2.75, 3.05) is 0 Å². The van der Waals surface area contributed by atoms with Crippen LogP contribution >= 0.6 is 0 Å². The fourth-order valence-electron chi connectivity index (χ4n) is 0.381. The summed E-state index contributed by atoms with van der Waals surface area (Å²) in [6.45, 7) is 0. The molecule has 0 fully saturated rings. The molecule has 0 aliphatic heterocycles. The van der Waals surface area contributed by atoms with E-state index in [0.29, 0.717) is 0 Å². The summed E-state index contributed by atoms with van der Waals surface area (Å²) in [5.74, 6) is 0. The van der Waals surface area contributed by atoms with E-state index in [4.69, 9.17) is 5.26 Å². The fraction of sp³-hybridized carbons (Fsp3) is 0.800. The Labute approximate surface area is 77.5 Å². The summed E-state index contributed by atoms with van der Waals surface area (Å²) in [5, 5.41) is 9.39. The van der Waals surface area contributed by atoms with Crippen molar-refractivity contribution in [3.05, 3.63) is 0 Å². The summed E-state index contributed by atoms with van der Waals surface area (Å²) in [5.41, 5.74) is 0. The first-order valence-electron chi connectivity index (χ1n) is 2.58. The molecular weight excluding hydrogens is 266 g/mol. The minimum Gasteiger partial charge on any atom is -1.00 e. The number of rotatable bonds is 3. The van der Waals surface area contributed by atoms with Gasteiger partial charge in [-0.15, -0.1) is 0 Å². The van der Waals surface area contributed by atoms with Crippen LogP contribution in [0.2, 0.25) is 5.02 Å². The third-order valence-electron chi connectivity index (χ3n) is 0.789. The van der Waals surface area contributed by atoms with E-state index in [-0.39, 0.29) is 24.0 Å². The third kappa shape index (κ3) is 9.96. The van der Waals surface area contributed by atoms with Crippen LogP contribution in [0.3, 0.4) is 0 Å². The van der Waals surface area contributed by atoms with E-state index in [1.54, 1.807) is 0 Å². The first kappa shape index (κ1) is 11.6. The van der Waals surface area contributed by atoms with Gasteiger partial charge in [-0.3, -0.25) is 0 Å². The molecule has 0 rings (SSSR count). The van der Waals surface area contributed by atoms with Gasteiger partial charge in [-0.05, 0) is 0 Å².